The van der Waals surface area contributed by atoms with E-state index in [0.29, 0.717) is 44.0 Å². The fourth-order valence-corrected chi connectivity index (χ4v) is 4.60. The molecule has 7 nitrogen and oxygen atoms in total. The molecule has 4 heterocycles. The van der Waals surface area contributed by atoms with E-state index in [4.69, 9.17) is 14.1 Å². The van der Waals surface area contributed by atoms with Gasteiger partial charge in [-0.2, -0.15) is 5.26 Å². The van der Waals surface area contributed by atoms with Crippen LogP contribution in [0.5, 0.6) is 0 Å². The summed E-state index contributed by atoms with van der Waals surface area (Å²) in [4.78, 5) is 21.7. The molecule has 1 fully saturated rings. The third-order valence-electron chi connectivity index (χ3n) is 6.21. The zero-order valence-corrected chi connectivity index (χ0v) is 18.9. The van der Waals surface area contributed by atoms with Gasteiger partial charge in [-0.3, -0.25) is 4.79 Å². The number of carbonyl (C=O) groups excluding carboxylic acids is 1. The van der Waals surface area contributed by atoms with Crippen LogP contribution in [0.3, 0.4) is 0 Å². The van der Waals surface area contributed by atoms with E-state index >= 15 is 0 Å². The van der Waals surface area contributed by atoms with Crippen LogP contribution in [0.4, 0.5) is 5.82 Å². The van der Waals surface area contributed by atoms with E-state index in [1.807, 2.05) is 11.8 Å². The molecular weight excluding hydrogens is 392 g/mol. The van der Waals surface area contributed by atoms with Crippen LogP contribution in [0.25, 0.3) is 0 Å². The molecule has 0 N–H and O–H groups in total. The molecule has 0 bridgehead atoms. The van der Waals surface area contributed by atoms with Gasteiger partial charge >= 0.3 is 0 Å². The van der Waals surface area contributed by atoms with Crippen LogP contribution in [0, 0.1) is 11.3 Å². The molecule has 0 radical (unpaired) electrons. The van der Waals surface area contributed by atoms with Crippen molar-refractivity contribution >= 4 is 11.7 Å². The standard InChI is InChI=1S/C24H30N4O3/c1-15(2)21-19-14-31-24(4,5)11-17(19)18(12-25)22(26-21)27-8-9-28(16(3)13-27)23(29)20-7-6-10-30-20/h6-7,10,15-16H,8-9,11,13-14H2,1-5H3/t16-/m1/s1. The van der Waals surface area contributed by atoms with Crippen molar-refractivity contribution in [2.24, 2.45) is 0 Å². The Morgan fingerprint density at radius 1 is 1.32 bits per heavy atom. The number of hydrogen-bond acceptors (Lipinski definition) is 6. The van der Waals surface area contributed by atoms with E-state index in [2.05, 4.69) is 38.7 Å². The average Bonchev–Trinajstić information content (AvgIpc) is 3.26. The fourth-order valence-electron chi connectivity index (χ4n) is 4.60. The lowest BCUT2D eigenvalue weighted by molar-refractivity contribution is -0.0408. The monoisotopic (exact) mass is 422 g/mol. The molecular formula is C24H30N4O3. The van der Waals surface area contributed by atoms with Crippen LogP contribution in [0.1, 0.15) is 73.5 Å². The summed E-state index contributed by atoms with van der Waals surface area (Å²) >= 11 is 0. The van der Waals surface area contributed by atoms with Gasteiger partial charge in [0, 0.05) is 37.7 Å². The summed E-state index contributed by atoms with van der Waals surface area (Å²) in [6.07, 6.45) is 2.20. The van der Waals surface area contributed by atoms with Crippen LogP contribution in [0.15, 0.2) is 22.8 Å². The van der Waals surface area contributed by atoms with Crippen LogP contribution in [0.2, 0.25) is 0 Å². The van der Waals surface area contributed by atoms with E-state index in [0.717, 1.165) is 22.6 Å². The van der Waals surface area contributed by atoms with E-state index in [1.54, 1.807) is 12.1 Å². The van der Waals surface area contributed by atoms with Crippen LogP contribution < -0.4 is 4.90 Å². The van der Waals surface area contributed by atoms with Gasteiger partial charge < -0.3 is 19.0 Å². The van der Waals surface area contributed by atoms with E-state index in [1.165, 1.54) is 6.26 Å². The number of pyridine rings is 1. The maximum absolute atomic E-state index is 12.8. The second-order valence-corrected chi connectivity index (χ2v) is 9.42. The molecule has 1 saturated heterocycles. The molecule has 164 valence electrons. The second kappa shape index (κ2) is 8.01. The van der Waals surface area contributed by atoms with Gasteiger partial charge in [-0.05, 0) is 44.4 Å². The third kappa shape index (κ3) is 3.92. The number of amides is 1. The van der Waals surface area contributed by atoms with Crippen molar-refractivity contribution in [1.29, 1.82) is 5.26 Å². The molecule has 0 unspecified atom stereocenters. The van der Waals surface area contributed by atoms with Gasteiger partial charge in [0.2, 0.25) is 0 Å². The van der Waals surface area contributed by atoms with Crippen molar-refractivity contribution in [2.75, 3.05) is 24.5 Å². The highest BCUT2D eigenvalue weighted by Crippen LogP contribution is 2.38. The second-order valence-electron chi connectivity index (χ2n) is 9.42. The number of anilines is 1. The lowest BCUT2D eigenvalue weighted by atomic mass is 9.86. The maximum Gasteiger partial charge on any atom is 0.289 e. The van der Waals surface area contributed by atoms with Crippen molar-refractivity contribution in [3.63, 3.8) is 0 Å². The lowest BCUT2D eigenvalue weighted by Gasteiger charge is -2.41. The molecule has 0 spiro atoms. The molecule has 2 aromatic heterocycles. The molecule has 2 aliphatic heterocycles. The van der Waals surface area contributed by atoms with Gasteiger partial charge in [0.15, 0.2) is 5.76 Å². The zero-order chi connectivity index (χ0) is 22.3. The van der Waals surface area contributed by atoms with E-state index in [9.17, 15) is 10.1 Å². The van der Waals surface area contributed by atoms with Crippen LogP contribution in [-0.2, 0) is 17.8 Å². The number of ether oxygens (including phenoxy) is 1. The highest BCUT2D eigenvalue weighted by atomic mass is 16.5. The first-order valence-corrected chi connectivity index (χ1v) is 10.9. The Bertz CT molecular complexity index is 1020. The van der Waals surface area contributed by atoms with Crippen LogP contribution in [-0.4, -0.2) is 47.1 Å². The lowest BCUT2D eigenvalue weighted by Crippen LogP contribution is -2.54. The van der Waals surface area contributed by atoms with Gasteiger partial charge in [-0.1, -0.05) is 13.8 Å². The first-order valence-electron chi connectivity index (χ1n) is 10.9. The number of carbonyl (C=O) groups is 1. The van der Waals surface area contributed by atoms with Crippen molar-refractivity contribution in [1.82, 2.24) is 9.88 Å². The molecule has 2 aromatic rings. The van der Waals surface area contributed by atoms with E-state index < -0.39 is 0 Å². The number of furan rings is 1. The Morgan fingerprint density at radius 2 is 2.10 bits per heavy atom. The Labute approximate surface area is 183 Å². The van der Waals surface area contributed by atoms with Crippen LogP contribution >= 0.6 is 0 Å². The SMILES string of the molecule is CC(C)c1nc(N2CCN(C(=O)c3ccco3)[C@H](C)C2)c(C#N)c2c1COC(C)(C)C2. The summed E-state index contributed by atoms with van der Waals surface area (Å²) in [5.41, 5.74) is 3.46. The molecule has 1 atom stereocenters. The fraction of sp³-hybridized carbons (Fsp3) is 0.542. The minimum absolute atomic E-state index is 0.0296. The summed E-state index contributed by atoms with van der Waals surface area (Å²) in [6.45, 7) is 12.7. The summed E-state index contributed by atoms with van der Waals surface area (Å²) < 4.78 is 11.3. The Morgan fingerprint density at radius 3 is 2.71 bits per heavy atom. The first kappa shape index (κ1) is 21.4. The van der Waals surface area contributed by atoms with Gasteiger partial charge in [0.1, 0.15) is 11.9 Å². The molecule has 1 amide bonds. The van der Waals surface area contributed by atoms with E-state index in [-0.39, 0.29) is 23.5 Å². The number of rotatable bonds is 3. The third-order valence-corrected chi connectivity index (χ3v) is 6.21. The molecule has 2 aliphatic rings. The summed E-state index contributed by atoms with van der Waals surface area (Å²) in [5.74, 6) is 1.22. The average molecular weight is 423 g/mol. The first-order chi connectivity index (χ1) is 14.7. The van der Waals surface area contributed by atoms with Crippen molar-refractivity contribution < 1.29 is 13.9 Å². The van der Waals surface area contributed by atoms with Crippen molar-refractivity contribution in [3.05, 3.63) is 46.5 Å². The molecule has 31 heavy (non-hydrogen) atoms. The Balaban J connectivity index is 1.68. The minimum atomic E-state index is -0.313. The Hall–Kier alpha value is -2.85. The molecule has 7 heteroatoms. The van der Waals surface area contributed by atoms with Crippen molar-refractivity contribution in [3.8, 4) is 6.07 Å². The largest absolute Gasteiger partial charge is 0.459 e. The van der Waals surface area contributed by atoms with Gasteiger partial charge in [-0.25, -0.2) is 4.98 Å². The number of nitrogens with zero attached hydrogens (tertiary/aromatic N) is 4. The van der Waals surface area contributed by atoms with Gasteiger partial charge in [-0.15, -0.1) is 0 Å². The maximum atomic E-state index is 12.8. The summed E-state index contributed by atoms with van der Waals surface area (Å²) in [7, 11) is 0. The predicted molar refractivity (Wildman–Crippen MR) is 117 cm³/mol. The molecule has 0 aliphatic carbocycles. The Kier molecular flexibility index (Phi) is 5.52. The zero-order valence-electron chi connectivity index (χ0n) is 18.9. The predicted octanol–water partition coefficient (Wildman–Crippen LogP) is 3.87. The number of hydrogen-bond donors (Lipinski definition) is 0. The number of fused-ring (bicyclic) bond motifs is 1. The molecule has 4 rings (SSSR count). The number of aromatic nitrogens is 1. The van der Waals surface area contributed by atoms with Gasteiger partial charge in [0.25, 0.3) is 5.91 Å². The summed E-state index contributed by atoms with van der Waals surface area (Å²) in [6, 6.07) is 5.83. The highest BCUT2D eigenvalue weighted by molar-refractivity contribution is 5.91. The number of piperazine rings is 1. The minimum Gasteiger partial charge on any atom is -0.459 e. The normalized spacial score (nSPS) is 20.5. The smallest absolute Gasteiger partial charge is 0.289 e. The highest BCUT2D eigenvalue weighted by Gasteiger charge is 2.35. The number of nitriles is 1. The molecule has 0 aromatic carbocycles. The quantitative estimate of drug-likeness (QED) is 0.747. The summed E-state index contributed by atoms with van der Waals surface area (Å²) in [5, 5.41) is 10.1. The van der Waals surface area contributed by atoms with Gasteiger partial charge in [0.05, 0.1) is 29.7 Å². The van der Waals surface area contributed by atoms with Crippen molar-refractivity contribution in [2.45, 2.75) is 65.2 Å². The topological polar surface area (TPSA) is 82.6 Å². The molecule has 0 saturated carbocycles.